The molecular formula is C13H14N6O. The lowest BCUT2D eigenvalue weighted by Gasteiger charge is -2.07. The number of imidazole rings is 1. The lowest BCUT2D eigenvalue weighted by molar-refractivity contribution is 1.17. The topological polar surface area (TPSA) is 112 Å². The van der Waals surface area contributed by atoms with E-state index in [1.54, 1.807) is 0 Å². The number of anilines is 3. The molecule has 0 saturated heterocycles. The van der Waals surface area contributed by atoms with Crippen molar-refractivity contribution in [1.29, 1.82) is 0 Å². The molecule has 20 heavy (non-hydrogen) atoms. The molecule has 2 heterocycles. The van der Waals surface area contributed by atoms with Crippen LogP contribution in [0.3, 0.4) is 0 Å². The van der Waals surface area contributed by atoms with Crippen molar-refractivity contribution in [3.63, 3.8) is 0 Å². The molecule has 0 aliphatic heterocycles. The third-order valence-corrected chi connectivity index (χ3v) is 3.03. The number of nitrogens with one attached hydrogen (secondary N) is 3. The molecule has 0 spiro atoms. The Morgan fingerprint density at radius 1 is 1.20 bits per heavy atom. The first kappa shape index (κ1) is 12.2. The minimum Gasteiger partial charge on any atom is -0.369 e. The Balaban J connectivity index is 2.05. The zero-order valence-electron chi connectivity index (χ0n) is 11.1. The number of H-pyrrole nitrogens is 2. The van der Waals surface area contributed by atoms with Gasteiger partial charge in [-0.15, -0.1) is 0 Å². The Kier molecular flexibility index (Phi) is 2.67. The van der Waals surface area contributed by atoms with Gasteiger partial charge < -0.3 is 16.0 Å². The number of nitrogens with zero attached hydrogens (tertiary/aromatic N) is 2. The van der Waals surface area contributed by atoms with Crippen LogP contribution in [0.5, 0.6) is 0 Å². The molecule has 0 atom stereocenters. The Hall–Kier alpha value is -2.83. The van der Waals surface area contributed by atoms with Crippen molar-refractivity contribution >= 4 is 28.7 Å². The lowest BCUT2D eigenvalue weighted by Crippen LogP contribution is -2.10. The Morgan fingerprint density at radius 3 is 2.80 bits per heavy atom. The molecule has 5 N–H and O–H groups in total. The normalized spacial score (nSPS) is 10.9. The first-order chi connectivity index (χ1) is 9.52. The predicted octanol–water partition coefficient (Wildman–Crippen LogP) is 1.59. The molecule has 0 amide bonds. The van der Waals surface area contributed by atoms with Crippen molar-refractivity contribution in [2.45, 2.75) is 13.8 Å². The maximum Gasteiger partial charge on any atom is 0.278 e. The van der Waals surface area contributed by atoms with Crippen LogP contribution in [0, 0.1) is 13.8 Å². The summed E-state index contributed by atoms with van der Waals surface area (Å²) in [5.41, 5.74) is 8.88. The molecular weight excluding hydrogens is 256 g/mol. The maximum atomic E-state index is 11.7. The van der Waals surface area contributed by atoms with Crippen molar-refractivity contribution in [3.8, 4) is 0 Å². The van der Waals surface area contributed by atoms with Crippen LogP contribution in [0.1, 0.15) is 11.1 Å². The standard InChI is InChI=1S/C13H14N6O/c1-6-3-4-7(2)8(5-6)15-13-16-9-10(18-13)17-12(14)19-11(9)20/h3-5H,1-2H3,(H5,14,15,16,17,18,19,20). The van der Waals surface area contributed by atoms with Gasteiger partial charge in [0.15, 0.2) is 11.2 Å². The summed E-state index contributed by atoms with van der Waals surface area (Å²) in [7, 11) is 0. The summed E-state index contributed by atoms with van der Waals surface area (Å²) < 4.78 is 0. The molecule has 102 valence electrons. The van der Waals surface area contributed by atoms with Gasteiger partial charge in [-0.2, -0.15) is 9.97 Å². The number of hydrogen-bond donors (Lipinski definition) is 4. The third-order valence-electron chi connectivity index (χ3n) is 3.03. The highest BCUT2D eigenvalue weighted by Gasteiger charge is 2.09. The van der Waals surface area contributed by atoms with E-state index >= 15 is 0 Å². The SMILES string of the molecule is Cc1ccc(C)c(Nc2nc3nc(N)[nH]c(=O)c3[nH]2)c1. The van der Waals surface area contributed by atoms with Gasteiger partial charge in [0, 0.05) is 5.69 Å². The Labute approximate surface area is 114 Å². The summed E-state index contributed by atoms with van der Waals surface area (Å²) in [4.78, 5) is 25.2. The van der Waals surface area contributed by atoms with Crippen LogP contribution >= 0.6 is 0 Å². The van der Waals surface area contributed by atoms with Gasteiger partial charge in [-0.3, -0.25) is 9.78 Å². The fourth-order valence-electron chi connectivity index (χ4n) is 1.98. The van der Waals surface area contributed by atoms with E-state index in [0.717, 1.165) is 16.8 Å². The van der Waals surface area contributed by atoms with Crippen molar-refractivity contribution in [3.05, 3.63) is 39.7 Å². The molecule has 0 aliphatic rings. The summed E-state index contributed by atoms with van der Waals surface area (Å²) in [6.07, 6.45) is 0. The van der Waals surface area contributed by atoms with Gasteiger partial charge in [-0.1, -0.05) is 12.1 Å². The van der Waals surface area contributed by atoms with E-state index in [2.05, 4.69) is 25.3 Å². The third kappa shape index (κ3) is 2.09. The second-order valence-corrected chi connectivity index (χ2v) is 4.68. The van der Waals surface area contributed by atoms with Crippen molar-refractivity contribution in [1.82, 2.24) is 19.9 Å². The number of aromatic nitrogens is 4. The maximum absolute atomic E-state index is 11.7. The van der Waals surface area contributed by atoms with Crippen LogP contribution in [0.4, 0.5) is 17.6 Å². The zero-order valence-corrected chi connectivity index (χ0v) is 11.1. The molecule has 0 saturated carbocycles. The molecule has 0 aliphatic carbocycles. The summed E-state index contributed by atoms with van der Waals surface area (Å²) in [5.74, 6) is 0.504. The molecule has 7 nitrogen and oxygen atoms in total. The fourth-order valence-corrected chi connectivity index (χ4v) is 1.98. The molecule has 0 radical (unpaired) electrons. The highest BCUT2D eigenvalue weighted by molar-refractivity contribution is 5.75. The van der Waals surface area contributed by atoms with Gasteiger partial charge in [0.25, 0.3) is 5.56 Å². The zero-order chi connectivity index (χ0) is 14.3. The number of hydrogen-bond acceptors (Lipinski definition) is 5. The number of rotatable bonds is 2. The minimum absolute atomic E-state index is 0.0484. The molecule has 3 rings (SSSR count). The first-order valence-electron chi connectivity index (χ1n) is 6.13. The largest absolute Gasteiger partial charge is 0.369 e. The fraction of sp³-hybridized carbons (Fsp3) is 0.154. The van der Waals surface area contributed by atoms with Crippen LogP contribution in [-0.4, -0.2) is 19.9 Å². The number of aryl methyl sites for hydroxylation is 2. The van der Waals surface area contributed by atoms with Crippen molar-refractivity contribution < 1.29 is 0 Å². The van der Waals surface area contributed by atoms with Gasteiger partial charge in [0.1, 0.15) is 0 Å². The smallest absolute Gasteiger partial charge is 0.278 e. The number of aromatic amines is 2. The molecule has 0 fully saturated rings. The Morgan fingerprint density at radius 2 is 2.00 bits per heavy atom. The van der Waals surface area contributed by atoms with Crippen LogP contribution < -0.4 is 16.6 Å². The van der Waals surface area contributed by atoms with Gasteiger partial charge >= 0.3 is 0 Å². The summed E-state index contributed by atoms with van der Waals surface area (Å²) in [5, 5.41) is 3.15. The van der Waals surface area contributed by atoms with Gasteiger partial charge in [-0.05, 0) is 31.0 Å². The van der Waals surface area contributed by atoms with Gasteiger partial charge in [0.05, 0.1) is 0 Å². The van der Waals surface area contributed by atoms with Gasteiger partial charge in [-0.25, -0.2) is 0 Å². The van der Waals surface area contributed by atoms with Crippen molar-refractivity contribution in [2.24, 2.45) is 0 Å². The van der Waals surface area contributed by atoms with Gasteiger partial charge in [0.2, 0.25) is 11.9 Å². The van der Waals surface area contributed by atoms with E-state index in [9.17, 15) is 4.79 Å². The summed E-state index contributed by atoms with van der Waals surface area (Å²) >= 11 is 0. The second kappa shape index (κ2) is 4.37. The van der Waals surface area contributed by atoms with Crippen molar-refractivity contribution in [2.75, 3.05) is 11.1 Å². The van der Waals surface area contributed by atoms with E-state index in [1.165, 1.54) is 0 Å². The summed E-state index contributed by atoms with van der Waals surface area (Å²) in [6.45, 7) is 4.00. The molecule has 0 unspecified atom stereocenters. The van der Waals surface area contributed by atoms with E-state index in [1.807, 2.05) is 32.0 Å². The average molecular weight is 270 g/mol. The molecule has 2 aromatic heterocycles. The highest BCUT2D eigenvalue weighted by atomic mass is 16.1. The second-order valence-electron chi connectivity index (χ2n) is 4.68. The predicted molar refractivity (Wildman–Crippen MR) is 78.1 cm³/mol. The lowest BCUT2D eigenvalue weighted by atomic mass is 10.1. The van der Waals surface area contributed by atoms with Crippen LogP contribution in [0.15, 0.2) is 23.0 Å². The first-order valence-corrected chi connectivity index (χ1v) is 6.13. The molecule has 7 heteroatoms. The molecule has 0 bridgehead atoms. The number of nitrogens with two attached hydrogens (primary N) is 1. The van der Waals surface area contributed by atoms with E-state index < -0.39 is 0 Å². The van der Waals surface area contributed by atoms with Crippen LogP contribution in [0.25, 0.3) is 11.2 Å². The minimum atomic E-state index is -0.339. The van der Waals surface area contributed by atoms with E-state index in [0.29, 0.717) is 17.1 Å². The Bertz CT molecular complexity index is 848. The molecule has 1 aromatic carbocycles. The number of fused-ring (bicyclic) bond motifs is 1. The highest BCUT2D eigenvalue weighted by Crippen LogP contribution is 2.20. The van der Waals surface area contributed by atoms with Crippen LogP contribution in [-0.2, 0) is 0 Å². The average Bonchev–Trinajstić information content (AvgIpc) is 2.76. The summed E-state index contributed by atoms with van der Waals surface area (Å²) in [6, 6.07) is 6.06. The van der Waals surface area contributed by atoms with E-state index in [4.69, 9.17) is 5.73 Å². The van der Waals surface area contributed by atoms with Crippen LogP contribution in [0.2, 0.25) is 0 Å². The molecule has 3 aromatic rings. The monoisotopic (exact) mass is 270 g/mol. The van der Waals surface area contributed by atoms with E-state index in [-0.39, 0.29) is 11.5 Å². The number of nitrogen functional groups attached to an aromatic ring is 1. The quantitative estimate of drug-likeness (QED) is 0.565. The number of benzene rings is 1.